The number of aromatic hydroxyl groups is 2. The van der Waals surface area contributed by atoms with Crippen LogP contribution in [0.1, 0.15) is 18.9 Å². The van der Waals surface area contributed by atoms with Gasteiger partial charge in [0.25, 0.3) is 0 Å². The smallest absolute Gasteiger partial charge is 0.306 e. The summed E-state index contributed by atoms with van der Waals surface area (Å²) in [5.74, 6) is -0.289. The molecule has 0 unspecified atom stereocenters. The van der Waals surface area contributed by atoms with Crippen molar-refractivity contribution in [2.45, 2.75) is 19.8 Å². The fourth-order valence-corrected chi connectivity index (χ4v) is 1.28. The topological polar surface area (TPSA) is 66.8 Å². The van der Waals surface area contributed by atoms with E-state index in [1.54, 1.807) is 6.92 Å². The molecule has 1 aromatic carbocycles. The van der Waals surface area contributed by atoms with Crippen LogP contribution in [0.25, 0.3) is 0 Å². The molecule has 0 aliphatic carbocycles. The SMILES string of the molecule is CCOC(=O)CCc1cc(O)cc(O)c1. The first-order valence-electron chi connectivity index (χ1n) is 4.79. The number of ether oxygens (including phenoxy) is 1. The van der Waals surface area contributed by atoms with E-state index in [1.807, 2.05) is 0 Å². The lowest BCUT2D eigenvalue weighted by atomic mass is 10.1. The van der Waals surface area contributed by atoms with Gasteiger partial charge in [-0.05, 0) is 31.0 Å². The maximum atomic E-state index is 11.0. The lowest BCUT2D eigenvalue weighted by molar-refractivity contribution is -0.143. The van der Waals surface area contributed by atoms with Crippen LogP contribution < -0.4 is 0 Å². The van der Waals surface area contributed by atoms with Crippen molar-refractivity contribution in [1.82, 2.24) is 0 Å². The van der Waals surface area contributed by atoms with Crippen LogP contribution in [0.15, 0.2) is 18.2 Å². The monoisotopic (exact) mass is 210 g/mol. The van der Waals surface area contributed by atoms with Gasteiger partial charge in [-0.3, -0.25) is 4.79 Å². The number of esters is 1. The molecule has 0 bridgehead atoms. The van der Waals surface area contributed by atoms with Crippen LogP contribution >= 0.6 is 0 Å². The van der Waals surface area contributed by atoms with Gasteiger partial charge < -0.3 is 14.9 Å². The molecule has 1 aromatic rings. The van der Waals surface area contributed by atoms with Crippen LogP contribution in [0.5, 0.6) is 11.5 Å². The number of hydrogen-bond donors (Lipinski definition) is 2. The van der Waals surface area contributed by atoms with Gasteiger partial charge in [0, 0.05) is 12.5 Å². The Morgan fingerprint density at radius 2 is 1.87 bits per heavy atom. The van der Waals surface area contributed by atoms with Gasteiger partial charge in [0.05, 0.1) is 6.61 Å². The van der Waals surface area contributed by atoms with Crippen LogP contribution in [-0.2, 0) is 16.0 Å². The van der Waals surface area contributed by atoms with Crippen LogP contribution in [0.4, 0.5) is 0 Å². The minimum absolute atomic E-state index is 0.00569. The van der Waals surface area contributed by atoms with E-state index in [2.05, 4.69) is 0 Å². The molecule has 0 heterocycles. The number of benzene rings is 1. The van der Waals surface area contributed by atoms with Crippen LogP contribution in [0.2, 0.25) is 0 Å². The maximum Gasteiger partial charge on any atom is 0.306 e. The minimum atomic E-state index is -0.277. The molecule has 82 valence electrons. The van der Waals surface area contributed by atoms with Crippen LogP contribution in [-0.4, -0.2) is 22.8 Å². The molecule has 4 nitrogen and oxygen atoms in total. The van der Waals surface area contributed by atoms with Crippen molar-refractivity contribution in [1.29, 1.82) is 0 Å². The van der Waals surface area contributed by atoms with Gasteiger partial charge in [-0.25, -0.2) is 0 Å². The van der Waals surface area contributed by atoms with E-state index < -0.39 is 0 Å². The van der Waals surface area contributed by atoms with Crippen molar-refractivity contribution < 1.29 is 19.7 Å². The molecule has 0 aromatic heterocycles. The first kappa shape index (κ1) is 11.4. The van der Waals surface area contributed by atoms with E-state index in [4.69, 9.17) is 4.74 Å². The number of phenols is 2. The van der Waals surface area contributed by atoms with Gasteiger partial charge in [-0.1, -0.05) is 0 Å². The largest absolute Gasteiger partial charge is 0.508 e. The maximum absolute atomic E-state index is 11.0. The highest BCUT2D eigenvalue weighted by atomic mass is 16.5. The molecule has 1 rings (SSSR count). The van der Waals surface area contributed by atoms with Crippen molar-refractivity contribution in [2.75, 3.05) is 6.61 Å². The number of carbonyl (C=O) groups excluding carboxylic acids is 1. The molecule has 0 atom stereocenters. The highest BCUT2D eigenvalue weighted by Gasteiger charge is 2.04. The summed E-state index contributed by atoms with van der Waals surface area (Å²) in [5.41, 5.74) is 0.709. The molecule has 0 fully saturated rings. The molecular weight excluding hydrogens is 196 g/mol. The molecule has 0 amide bonds. The molecule has 0 saturated heterocycles. The molecule has 2 N–H and O–H groups in total. The van der Waals surface area contributed by atoms with Crippen molar-refractivity contribution in [2.24, 2.45) is 0 Å². The fourth-order valence-electron chi connectivity index (χ4n) is 1.28. The summed E-state index contributed by atoms with van der Waals surface area (Å²) in [6.45, 7) is 2.11. The molecule has 0 aliphatic rings. The Labute approximate surface area is 88.1 Å². The second-order valence-electron chi connectivity index (χ2n) is 3.16. The van der Waals surface area contributed by atoms with E-state index in [0.717, 1.165) is 0 Å². The summed E-state index contributed by atoms with van der Waals surface area (Å²) < 4.78 is 4.76. The summed E-state index contributed by atoms with van der Waals surface area (Å²) in [6.07, 6.45) is 0.692. The first-order valence-corrected chi connectivity index (χ1v) is 4.79. The average Bonchev–Trinajstić information content (AvgIpc) is 2.14. The highest BCUT2D eigenvalue weighted by Crippen LogP contribution is 2.21. The van der Waals surface area contributed by atoms with E-state index in [0.29, 0.717) is 18.6 Å². The fraction of sp³-hybridized carbons (Fsp3) is 0.364. The van der Waals surface area contributed by atoms with E-state index in [1.165, 1.54) is 18.2 Å². The lowest BCUT2D eigenvalue weighted by Gasteiger charge is -2.03. The number of rotatable bonds is 4. The Morgan fingerprint density at radius 3 is 2.40 bits per heavy atom. The summed E-state index contributed by atoms with van der Waals surface area (Å²) in [5, 5.41) is 18.4. The Bertz CT molecular complexity index is 326. The van der Waals surface area contributed by atoms with Gasteiger partial charge >= 0.3 is 5.97 Å². The van der Waals surface area contributed by atoms with Crippen molar-refractivity contribution in [3.63, 3.8) is 0 Å². The zero-order valence-corrected chi connectivity index (χ0v) is 8.56. The molecule has 0 aliphatic heterocycles. The van der Waals surface area contributed by atoms with Crippen molar-refractivity contribution in [3.8, 4) is 11.5 Å². The predicted octanol–water partition coefficient (Wildman–Crippen LogP) is 1.59. The molecule has 15 heavy (non-hydrogen) atoms. The molecule has 4 heteroatoms. The molecule has 0 radical (unpaired) electrons. The highest BCUT2D eigenvalue weighted by molar-refractivity contribution is 5.69. The third-order valence-corrected chi connectivity index (χ3v) is 1.89. The average molecular weight is 210 g/mol. The molecule has 0 saturated carbocycles. The van der Waals surface area contributed by atoms with E-state index >= 15 is 0 Å². The van der Waals surface area contributed by atoms with Gasteiger partial charge in [-0.15, -0.1) is 0 Å². The van der Waals surface area contributed by atoms with Gasteiger partial charge in [0.15, 0.2) is 0 Å². The summed E-state index contributed by atoms with van der Waals surface area (Å²) in [4.78, 5) is 11.0. The first-order chi connectivity index (χ1) is 7.11. The Morgan fingerprint density at radius 1 is 1.27 bits per heavy atom. The third-order valence-electron chi connectivity index (χ3n) is 1.89. The normalized spacial score (nSPS) is 9.93. The second-order valence-corrected chi connectivity index (χ2v) is 3.16. The zero-order valence-electron chi connectivity index (χ0n) is 8.56. The van der Waals surface area contributed by atoms with Crippen molar-refractivity contribution in [3.05, 3.63) is 23.8 Å². The van der Waals surface area contributed by atoms with E-state index in [9.17, 15) is 15.0 Å². The Balaban J connectivity index is 2.54. The molecular formula is C11H14O4. The quantitative estimate of drug-likeness (QED) is 0.740. The van der Waals surface area contributed by atoms with Gasteiger partial charge in [0.1, 0.15) is 11.5 Å². The van der Waals surface area contributed by atoms with Crippen LogP contribution in [0, 0.1) is 0 Å². The van der Waals surface area contributed by atoms with Crippen LogP contribution in [0.3, 0.4) is 0 Å². The number of carbonyl (C=O) groups is 1. The standard InChI is InChI=1S/C11H14O4/c1-2-15-11(14)4-3-8-5-9(12)7-10(13)6-8/h5-7,12-13H,2-4H2,1H3. The Hall–Kier alpha value is -1.71. The summed E-state index contributed by atoms with van der Waals surface area (Å²) >= 11 is 0. The third kappa shape index (κ3) is 3.89. The Kier molecular flexibility index (Phi) is 3.97. The lowest BCUT2D eigenvalue weighted by Crippen LogP contribution is -2.05. The predicted molar refractivity (Wildman–Crippen MR) is 54.7 cm³/mol. The second kappa shape index (κ2) is 5.24. The number of aryl methyl sites for hydroxylation is 1. The zero-order chi connectivity index (χ0) is 11.3. The van der Waals surface area contributed by atoms with Crippen molar-refractivity contribution >= 4 is 5.97 Å². The van der Waals surface area contributed by atoms with Gasteiger partial charge in [0.2, 0.25) is 0 Å². The summed E-state index contributed by atoms with van der Waals surface area (Å²) in [6, 6.07) is 4.27. The number of hydrogen-bond acceptors (Lipinski definition) is 4. The molecule has 0 spiro atoms. The van der Waals surface area contributed by atoms with E-state index in [-0.39, 0.29) is 23.9 Å². The van der Waals surface area contributed by atoms with Gasteiger partial charge in [-0.2, -0.15) is 0 Å². The number of phenolic OH excluding ortho intramolecular Hbond substituents is 2. The minimum Gasteiger partial charge on any atom is -0.508 e. The summed E-state index contributed by atoms with van der Waals surface area (Å²) in [7, 11) is 0.